The lowest BCUT2D eigenvalue weighted by Gasteiger charge is -2.20. The average molecular weight is 397 g/mol. The maximum atomic E-state index is 14.0. The molecule has 2 aromatic rings. The van der Waals surface area contributed by atoms with Gasteiger partial charge in [0.25, 0.3) is 0 Å². The Labute approximate surface area is 169 Å². The van der Waals surface area contributed by atoms with Crippen molar-refractivity contribution < 1.29 is 13.6 Å². The maximum Gasteiger partial charge on any atom is 0.192 e. The quantitative estimate of drug-likeness (QED) is 0.448. The summed E-state index contributed by atoms with van der Waals surface area (Å²) in [4.78, 5) is 24.3. The van der Waals surface area contributed by atoms with Gasteiger partial charge in [0.05, 0.1) is 5.56 Å². The van der Waals surface area contributed by atoms with Crippen LogP contribution >= 0.6 is 0 Å². The van der Waals surface area contributed by atoms with Crippen LogP contribution in [0.25, 0.3) is 11.1 Å². The molecule has 0 amide bonds. The van der Waals surface area contributed by atoms with E-state index in [1.54, 1.807) is 6.20 Å². The summed E-state index contributed by atoms with van der Waals surface area (Å²) in [6.45, 7) is 10.1. The second-order valence-electron chi connectivity index (χ2n) is 7.61. The van der Waals surface area contributed by atoms with Gasteiger partial charge < -0.3 is 4.57 Å². The van der Waals surface area contributed by atoms with Crippen molar-refractivity contribution in [2.24, 2.45) is 5.92 Å². The molecule has 1 aliphatic rings. The Hall–Kier alpha value is -2.82. The van der Waals surface area contributed by atoms with Gasteiger partial charge in [-0.05, 0) is 73.4 Å². The molecule has 1 aliphatic carbocycles. The van der Waals surface area contributed by atoms with Crippen molar-refractivity contribution in [1.29, 1.82) is 0 Å². The largest absolute Gasteiger partial charge is 0.347 e. The molecule has 0 atom stereocenters. The van der Waals surface area contributed by atoms with Crippen molar-refractivity contribution in [1.82, 2.24) is 4.57 Å². The molecule has 0 aliphatic heterocycles. The number of carbonyl (C=O) groups is 1. The summed E-state index contributed by atoms with van der Waals surface area (Å²) in [5.74, 6) is -1.81. The van der Waals surface area contributed by atoms with Crippen LogP contribution in [0.4, 0.5) is 8.78 Å². The minimum absolute atomic E-state index is 0.144. The van der Waals surface area contributed by atoms with Crippen LogP contribution in [0.3, 0.4) is 0 Å². The third-order valence-electron chi connectivity index (χ3n) is 5.33. The fraction of sp³-hybridized carbons (Fsp3) is 0.333. The number of nitrogens with zero attached hydrogens (tertiary/aromatic N) is 1. The minimum atomic E-state index is -0.922. The Morgan fingerprint density at radius 1 is 1.17 bits per heavy atom. The molecule has 0 radical (unpaired) electrons. The van der Waals surface area contributed by atoms with E-state index in [9.17, 15) is 18.4 Å². The lowest BCUT2D eigenvalue weighted by molar-refractivity contribution is 0.101. The van der Waals surface area contributed by atoms with Crippen LogP contribution in [0.2, 0.25) is 0 Å². The number of aromatic nitrogens is 1. The van der Waals surface area contributed by atoms with Crippen LogP contribution in [0, 0.1) is 17.6 Å². The van der Waals surface area contributed by atoms with Crippen LogP contribution in [-0.4, -0.2) is 10.4 Å². The van der Waals surface area contributed by atoms with Gasteiger partial charge in [0.1, 0.15) is 0 Å². The first-order chi connectivity index (χ1) is 13.7. The smallest absolute Gasteiger partial charge is 0.192 e. The van der Waals surface area contributed by atoms with Gasteiger partial charge in [-0.15, -0.1) is 0 Å². The van der Waals surface area contributed by atoms with E-state index >= 15 is 0 Å². The van der Waals surface area contributed by atoms with E-state index in [4.69, 9.17) is 0 Å². The van der Waals surface area contributed by atoms with E-state index in [1.807, 2.05) is 18.4 Å². The summed E-state index contributed by atoms with van der Waals surface area (Å²) in [5, 5.41) is 0. The van der Waals surface area contributed by atoms with Gasteiger partial charge >= 0.3 is 0 Å². The molecular formula is C24H25F2NO2. The number of pyridine rings is 1. The topological polar surface area (TPSA) is 39.1 Å². The molecular weight excluding hydrogens is 372 g/mol. The van der Waals surface area contributed by atoms with E-state index in [-0.39, 0.29) is 16.8 Å². The number of aryl methyl sites for hydroxylation is 1. The number of hydrogen-bond acceptors (Lipinski definition) is 2. The Morgan fingerprint density at radius 3 is 2.41 bits per heavy atom. The lowest BCUT2D eigenvalue weighted by atomic mass is 9.89. The van der Waals surface area contributed by atoms with Crippen molar-refractivity contribution in [3.8, 4) is 0 Å². The molecule has 0 saturated heterocycles. The van der Waals surface area contributed by atoms with Crippen molar-refractivity contribution >= 4 is 16.9 Å². The molecule has 1 fully saturated rings. The first-order valence-corrected chi connectivity index (χ1v) is 9.85. The molecule has 0 spiro atoms. The van der Waals surface area contributed by atoms with Gasteiger partial charge in [-0.2, -0.15) is 0 Å². The van der Waals surface area contributed by atoms with Gasteiger partial charge in [-0.25, -0.2) is 8.78 Å². The number of Topliss-reactive ketones (excluding diaryl/α,β-unsaturated/α-hetero) is 1. The zero-order valence-corrected chi connectivity index (χ0v) is 17.0. The molecule has 29 heavy (non-hydrogen) atoms. The monoisotopic (exact) mass is 397 g/mol. The average Bonchev–Trinajstić information content (AvgIpc) is 3.51. The lowest BCUT2D eigenvalue weighted by Crippen LogP contribution is -2.19. The second-order valence-corrected chi connectivity index (χ2v) is 7.61. The Bertz CT molecular complexity index is 1070. The van der Waals surface area contributed by atoms with Crippen molar-refractivity contribution in [3.63, 3.8) is 0 Å². The van der Waals surface area contributed by atoms with Crippen molar-refractivity contribution in [3.05, 3.63) is 81.3 Å². The minimum Gasteiger partial charge on any atom is -0.347 e. The van der Waals surface area contributed by atoms with Crippen LogP contribution in [-0.2, 0) is 6.54 Å². The number of carbonyl (C=O) groups excluding carboxylic acids is 1. The number of allylic oxidation sites excluding steroid dienone is 3. The first kappa shape index (κ1) is 20.9. The molecule has 152 valence electrons. The molecule has 0 bridgehead atoms. The highest BCUT2D eigenvalue weighted by molar-refractivity contribution is 5.98. The normalized spacial score (nSPS) is 14.5. The molecule has 3 nitrogen and oxygen atoms in total. The van der Waals surface area contributed by atoms with E-state index in [2.05, 4.69) is 6.58 Å². The zero-order chi connectivity index (χ0) is 21.3. The molecule has 5 heteroatoms. The number of halogens is 2. The van der Waals surface area contributed by atoms with E-state index < -0.39 is 11.6 Å². The van der Waals surface area contributed by atoms with Crippen LogP contribution in [0.15, 0.2) is 47.4 Å². The van der Waals surface area contributed by atoms with Gasteiger partial charge in [0, 0.05) is 24.5 Å². The van der Waals surface area contributed by atoms with Crippen molar-refractivity contribution in [2.45, 2.75) is 46.6 Å². The SMILES string of the molecule is C=C(/C(=C(\C)c1cc(=O)c(C(C)=O)cn1CCC)c1ccc(F)c(F)c1)C1CC1. The highest BCUT2D eigenvalue weighted by atomic mass is 19.2. The summed E-state index contributed by atoms with van der Waals surface area (Å²) < 4.78 is 29.4. The highest BCUT2D eigenvalue weighted by Crippen LogP contribution is 2.44. The zero-order valence-electron chi connectivity index (χ0n) is 17.0. The number of rotatable bonds is 7. The van der Waals surface area contributed by atoms with Crippen LogP contribution < -0.4 is 5.43 Å². The summed E-state index contributed by atoms with van der Waals surface area (Å²) in [6.07, 6.45) is 4.41. The number of ketones is 1. The molecule has 1 saturated carbocycles. The van der Waals surface area contributed by atoms with Gasteiger partial charge in [0.2, 0.25) is 0 Å². The molecule has 1 aromatic heterocycles. The maximum absolute atomic E-state index is 14.0. The van der Waals surface area contributed by atoms with Crippen LogP contribution in [0.5, 0.6) is 0 Å². The first-order valence-electron chi connectivity index (χ1n) is 9.85. The van der Waals surface area contributed by atoms with Gasteiger partial charge in [-0.3, -0.25) is 9.59 Å². The van der Waals surface area contributed by atoms with E-state index in [1.165, 1.54) is 25.1 Å². The standard InChI is InChI=1S/C24H25F2NO2/c1-5-10-27-13-19(16(4)28)23(29)12-22(27)15(3)24(14(2)17-6-7-17)18-8-9-20(25)21(26)11-18/h8-9,11-13,17H,2,5-7,10H2,1,3-4H3/b24-15-. The van der Waals surface area contributed by atoms with Crippen molar-refractivity contribution in [2.75, 3.05) is 0 Å². The second kappa shape index (κ2) is 8.27. The molecule has 1 aromatic carbocycles. The van der Waals surface area contributed by atoms with Gasteiger partial charge in [0.15, 0.2) is 22.8 Å². The van der Waals surface area contributed by atoms with Gasteiger partial charge in [-0.1, -0.05) is 19.6 Å². The predicted molar refractivity (Wildman–Crippen MR) is 112 cm³/mol. The number of hydrogen-bond donors (Lipinski definition) is 0. The third kappa shape index (κ3) is 4.29. The highest BCUT2D eigenvalue weighted by Gasteiger charge is 2.29. The Kier molecular flexibility index (Phi) is 5.96. The summed E-state index contributed by atoms with van der Waals surface area (Å²) >= 11 is 0. The number of benzene rings is 1. The Morgan fingerprint density at radius 2 is 1.86 bits per heavy atom. The fourth-order valence-corrected chi connectivity index (χ4v) is 3.65. The molecule has 3 rings (SSSR count). The van der Waals surface area contributed by atoms with E-state index in [0.717, 1.165) is 42.0 Å². The fourth-order valence-electron chi connectivity index (χ4n) is 3.65. The Balaban J connectivity index is 2.27. The third-order valence-corrected chi connectivity index (χ3v) is 5.33. The summed E-state index contributed by atoms with van der Waals surface area (Å²) in [6, 6.07) is 5.28. The summed E-state index contributed by atoms with van der Waals surface area (Å²) in [5.41, 5.74) is 3.33. The molecule has 0 N–H and O–H groups in total. The predicted octanol–water partition coefficient (Wildman–Crippen LogP) is 5.64. The summed E-state index contributed by atoms with van der Waals surface area (Å²) in [7, 11) is 0. The molecule has 0 unspecified atom stereocenters. The van der Waals surface area contributed by atoms with E-state index in [0.29, 0.717) is 23.7 Å². The molecule has 1 heterocycles. The van der Waals surface area contributed by atoms with Crippen LogP contribution in [0.1, 0.15) is 61.6 Å².